The number of hydrogen-bond donors (Lipinski definition) is 0. The van der Waals surface area contributed by atoms with Gasteiger partial charge in [-0.05, 0) is 61.4 Å². The second-order valence-corrected chi connectivity index (χ2v) is 11.5. The van der Waals surface area contributed by atoms with Crippen LogP contribution in [0.3, 0.4) is 0 Å². The lowest BCUT2D eigenvalue weighted by atomic mass is 9.86. The van der Waals surface area contributed by atoms with Crippen LogP contribution in [-0.4, -0.2) is 38.0 Å². The Labute approximate surface area is 249 Å². The molecule has 8 nitrogen and oxygen atoms in total. The van der Waals surface area contributed by atoms with E-state index in [1.807, 2.05) is 26.0 Å². The van der Waals surface area contributed by atoms with Crippen LogP contribution in [0.25, 0.3) is 12.2 Å². The predicted octanol–water partition coefficient (Wildman–Crippen LogP) is 6.99. The van der Waals surface area contributed by atoms with E-state index in [9.17, 15) is 20.1 Å². The van der Waals surface area contributed by atoms with E-state index in [2.05, 4.69) is 0 Å². The van der Waals surface area contributed by atoms with Crippen LogP contribution in [0.5, 0.6) is 23.0 Å². The van der Waals surface area contributed by atoms with Gasteiger partial charge in [0.15, 0.2) is 34.6 Å². The Morgan fingerprint density at radius 1 is 0.643 bits per heavy atom. The lowest BCUT2D eigenvalue weighted by molar-refractivity contribution is -0.122. The number of hydrogen-bond acceptors (Lipinski definition) is 8. The van der Waals surface area contributed by atoms with Gasteiger partial charge in [0, 0.05) is 10.8 Å². The van der Waals surface area contributed by atoms with Crippen molar-refractivity contribution in [2.24, 2.45) is 10.8 Å². The van der Waals surface area contributed by atoms with E-state index in [4.69, 9.17) is 18.9 Å². The zero-order valence-corrected chi connectivity index (χ0v) is 25.8. The molecule has 0 N–H and O–H groups in total. The van der Waals surface area contributed by atoms with Crippen LogP contribution in [0.4, 0.5) is 0 Å². The van der Waals surface area contributed by atoms with Crippen LogP contribution >= 0.6 is 0 Å². The van der Waals surface area contributed by atoms with E-state index in [-0.39, 0.29) is 35.9 Å². The topological polar surface area (TPSA) is 119 Å². The number of benzene rings is 2. The summed E-state index contributed by atoms with van der Waals surface area (Å²) in [7, 11) is 0. The van der Waals surface area contributed by atoms with Crippen LogP contribution in [0.15, 0.2) is 47.5 Å². The first-order valence-electron chi connectivity index (χ1n) is 13.9. The number of ether oxygens (including phenoxy) is 4. The monoisotopic (exact) mass is 572 g/mol. The molecule has 8 heteroatoms. The van der Waals surface area contributed by atoms with Gasteiger partial charge in [-0.25, -0.2) is 0 Å². The molecular weight excluding hydrogens is 532 g/mol. The lowest BCUT2D eigenvalue weighted by Crippen LogP contribution is -2.21. The van der Waals surface area contributed by atoms with Gasteiger partial charge in [0.2, 0.25) is 0 Å². The zero-order chi connectivity index (χ0) is 31.5. The van der Waals surface area contributed by atoms with Crippen molar-refractivity contribution < 1.29 is 28.5 Å². The van der Waals surface area contributed by atoms with Gasteiger partial charge in [0.1, 0.15) is 25.4 Å². The van der Waals surface area contributed by atoms with Gasteiger partial charge in [0.25, 0.3) is 0 Å². The highest BCUT2D eigenvalue weighted by atomic mass is 16.6. The molecule has 0 aliphatic carbocycles. The van der Waals surface area contributed by atoms with Crippen LogP contribution < -0.4 is 18.9 Å². The van der Waals surface area contributed by atoms with Crippen molar-refractivity contribution in [1.82, 2.24) is 0 Å². The van der Waals surface area contributed by atoms with Crippen LogP contribution in [0.2, 0.25) is 0 Å². The Bertz CT molecular complexity index is 1320. The largest absolute Gasteiger partial charge is 0.490 e. The molecule has 0 radical (unpaired) electrons. The SMILES string of the molecule is CCOc1cc(C=C(C#N)C(=O)C(C)(C)C)ccc1OCCOc1ccc(C=C(C#N)C(=O)C(C)(C)C)cc1OCC. The summed E-state index contributed by atoms with van der Waals surface area (Å²) in [4.78, 5) is 25.2. The summed E-state index contributed by atoms with van der Waals surface area (Å²) in [5, 5.41) is 19.0. The number of allylic oxidation sites excluding steroid dienone is 2. The number of ketones is 2. The molecule has 0 amide bonds. The van der Waals surface area contributed by atoms with Crippen LogP contribution in [-0.2, 0) is 9.59 Å². The molecule has 0 saturated carbocycles. The first-order valence-corrected chi connectivity index (χ1v) is 13.9. The zero-order valence-electron chi connectivity index (χ0n) is 25.8. The molecule has 0 atom stereocenters. The Balaban J connectivity index is 2.17. The second kappa shape index (κ2) is 14.9. The maximum absolute atomic E-state index is 12.6. The highest BCUT2D eigenvalue weighted by Gasteiger charge is 2.26. The van der Waals surface area contributed by atoms with Crippen molar-refractivity contribution in [1.29, 1.82) is 10.5 Å². The maximum Gasteiger partial charge on any atom is 0.178 e. The van der Waals surface area contributed by atoms with E-state index in [1.165, 1.54) is 0 Å². The fourth-order valence-electron chi connectivity index (χ4n) is 3.75. The molecule has 0 aliphatic heterocycles. The van der Waals surface area contributed by atoms with Gasteiger partial charge >= 0.3 is 0 Å². The molecule has 0 spiro atoms. The summed E-state index contributed by atoms with van der Waals surface area (Å²) in [6, 6.07) is 14.4. The van der Waals surface area contributed by atoms with Crippen molar-refractivity contribution >= 4 is 23.7 Å². The molecule has 42 heavy (non-hydrogen) atoms. The standard InChI is InChI=1S/C34H40N2O6/c1-9-39-29-19-23(17-25(21-35)31(37)33(3,4)5)11-13-27(29)41-15-16-42-28-14-12-24(20-30(28)40-10-2)18-26(22-36)32(38)34(6,7)8/h11-14,17-20H,9-10,15-16H2,1-8H3. The summed E-state index contributed by atoms with van der Waals surface area (Å²) in [5.74, 6) is 1.49. The molecule has 0 heterocycles. The summed E-state index contributed by atoms with van der Waals surface area (Å²) in [6.45, 7) is 15.5. The normalized spacial score (nSPS) is 12.1. The first kappa shape index (κ1) is 33.6. The quantitative estimate of drug-likeness (QED) is 0.143. The van der Waals surface area contributed by atoms with Crippen molar-refractivity contribution in [2.75, 3.05) is 26.4 Å². The average Bonchev–Trinajstić information content (AvgIpc) is 2.93. The Morgan fingerprint density at radius 3 is 1.29 bits per heavy atom. The van der Waals surface area contributed by atoms with Gasteiger partial charge in [-0.1, -0.05) is 53.7 Å². The molecule has 0 saturated heterocycles. The summed E-state index contributed by atoms with van der Waals surface area (Å²) in [6.07, 6.45) is 3.10. The van der Waals surface area contributed by atoms with Gasteiger partial charge in [-0.2, -0.15) is 10.5 Å². The van der Waals surface area contributed by atoms with Crippen molar-refractivity contribution in [3.63, 3.8) is 0 Å². The highest BCUT2D eigenvalue weighted by molar-refractivity contribution is 6.06. The smallest absolute Gasteiger partial charge is 0.178 e. The minimum absolute atomic E-state index is 0.0725. The number of carbonyl (C=O) groups is 2. The minimum Gasteiger partial charge on any atom is -0.490 e. The summed E-state index contributed by atoms with van der Waals surface area (Å²) in [5.41, 5.74) is 0.103. The number of Topliss-reactive ketones (excluding diaryl/α,β-unsaturated/α-hetero) is 2. The van der Waals surface area contributed by atoms with Gasteiger partial charge in [0.05, 0.1) is 24.4 Å². The molecule has 0 unspecified atom stereocenters. The molecule has 0 bridgehead atoms. The Morgan fingerprint density at radius 2 is 1.00 bits per heavy atom. The summed E-state index contributed by atoms with van der Waals surface area (Å²) < 4.78 is 23.3. The third kappa shape index (κ3) is 9.52. The van der Waals surface area contributed by atoms with Gasteiger partial charge < -0.3 is 18.9 Å². The molecule has 2 aromatic rings. The Hall–Kier alpha value is -4.56. The molecule has 0 fully saturated rings. The third-order valence-electron chi connectivity index (χ3n) is 5.85. The fourth-order valence-corrected chi connectivity index (χ4v) is 3.75. The van der Waals surface area contributed by atoms with E-state index >= 15 is 0 Å². The van der Waals surface area contributed by atoms with E-state index < -0.39 is 10.8 Å². The van der Waals surface area contributed by atoms with Crippen molar-refractivity contribution in [2.45, 2.75) is 55.4 Å². The number of rotatable bonds is 13. The number of nitrogens with zero attached hydrogens (tertiary/aromatic N) is 2. The number of carbonyl (C=O) groups excluding carboxylic acids is 2. The highest BCUT2D eigenvalue weighted by Crippen LogP contribution is 2.32. The van der Waals surface area contributed by atoms with Gasteiger partial charge in [-0.3, -0.25) is 9.59 Å². The van der Waals surface area contributed by atoms with Crippen LogP contribution in [0, 0.1) is 33.5 Å². The van der Waals surface area contributed by atoms with E-state index in [0.717, 1.165) is 0 Å². The molecule has 0 aromatic heterocycles. The van der Waals surface area contributed by atoms with Gasteiger partial charge in [-0.15, -0.1) is 0 Å². The predicted molar refractivity (Wildman–Crippen MR) is 162 cm³/mol. The first-order chi connectivity index (χ1) is 19.7. The Kier molecular flexibility index (Phi) is 11.9. The van der Waals surface area contributed by atoms with E-state index in [1.54, 1.807) is 90.1 Å². The second-order valence-electron chi connectivity index (χ2n) is 11.5. The fraction of sp³-hybridized carbons (Fsp3) is 0.412. The summed E-state index contributed by atoms with van der Waals surface area (Å²) >= 11 is 0. The average molecular weight is 573 g/mol. The van der Waals surface area contributed by atoms with Crippen molar-refractivity contribution in [3.8, 4) is 35.1 Å². The maximum atomic E-state index is 12.6. The molecular formula is C34H40N2O6. The molecule has 2 aromatic carbocycles. The number of nitriles is 2. The molecule has 222 valence electrons. The lowest BCUT2D eigenvalue weighted by Gasteiger charge is -2.16. The molecule has 0 aliphatic rings. The third-order valence-corrected chi connectivity index (χ3v) is 5.85. The van der Waals surface area contributed by atoms with E-state index in [0.29, 0.717) is 47.3 Å². The minimum atomic E-state index is -0.669. The van der Waals surface area contributed by atoms with Crippen LogP contribution in [0.1, 0.15) is 66.5 Å². The molecule has 2 rings (SSSR count). The van der Waals surface area contributed by atoms with Crippen molar-refractivity contribution in [3.05, 3.63) is 58.7 Å².